The average Bonchev–Trinajstić information content (AvgIpc) is 3.88. The zero-order chi connectivity index (χ0) is 38.3. The highest BCUT2D eigenvalue weighted by molar-refractivity contribution is 7.14. The van der Waals surface area contributed by atoms with Gasteiger partial charge in [0.15, 0.2) is 5.01 Å². The third kappa shape index (κ3) is 6.94. The Morgan fingerprint density at radius 2 is 1.88 bits per heavy atom. The summed E-state index contributed by atoms with van der Waals surface area (Å²) in [5.74, 6) is 2.44. The standard InChI is InChI=1S/C39H42N12O4S/c1-41-30-16-33(51-10-8-25-14-23(17-40)18-43-36(25)51)42-19-29(30)38-47-46-37(56-38)24-2-4-26(5-3-24)44-35(53)21-48-12-13-49-28(20-48)22-55-32-15-27(6-7-31(32)49)50-11-9-34(52)45-39(50)54/h6-7,14-16,18-19,24,26,28H,2-5,8-13,20-22H2,1H3,(H,41,42)(H,44,53)(H,45,52,54)/t24?,26?,28-/m1/s1. The number of fused-ring (bicyclic) bond motifs is 4. The molecule has 5 aliphatic rings. The molecule has 7 heterocycles. The van der Waals surface area contributed by atoms with Crippen LogP contribution in [-0.2, 0) is 16.0 Å². The van der Waals surface area contributed by atoms with Crippen LogP contribution in [0.25, 0.3) is 10.6 Å². The molecule has 4 aromatic rings. The molecule has 1 aliphatic carbocycles. The van der Waals surface area contributed by atoms with E-state index < -0.39 is 6.03 Å². The fourth-order valence-electron chi connectivity index (χ4n) is 8.53. The topological polar surface area (TPSA) is 185 Å². The maximum atomic E-state index is 13.2. The van der Waals surface area contributed by atoms with E-state index >= 15 is 0 Å². The van der Waals surface area contributed by atoms with Crippen LogP contribution < -0.4 is 35.4 Å². The summed E-state index contributed by atoms with van der Waals surface area (Å²) in [6, 6.07) is 11.7. The Kier molecular flexibility index (Phi) is 9.59. The minimum absolute atomic E-state index is 0.0517. The number of anilines is 5. The molecular formula is C39H42N12O4S. The van der Waals surface area contributed by atoms with Crippen LogP contribution in [-0.4, -0.2) is 108 Å². The van der Waals surface area contributed by atoms with Crippen molar-refractivity contribution >= 4 is 57.9 Å². The van der Waals surface area contributed by atoms with E-state index in [1.54, 1.807) is 22.4 Å². The number of piperazine rings is 1. The number of aromatic nitrogens is 4. The largest absolute Gasteiger partial charge is 0.489 e. The van der Waals surface area contributed by atoms with Crippen molar-refractivity contribution in [2.45, 2.75) is 56.5 Å². The Bertz CT molecular complexity index is 2230. The van der Waals surface area contributed by atoms with Crippen LogP contribution >= 0.6 is 11.3 Å². The Morgan fingerprint density at radius 1 is 1.02 bits per heavy atom. The highest BCUT2D eigenvalue weighted by atomic mass is 32.1. The Hall–Kier alpha value is -5.86. The van der Waals surface area contributed by atoms with Gasteiger partial charge in [-0.15, -0.1) is 10.2 Å². The molecule has 0 bridgehead atoms. The van der Waals surface area contributed by atoms with E-state index in [-0.39, 0.29) is 30.3 Å². The number of amides is 4. The molecule has 1 aromatic carbocycles. The number of nitrogens with zero attached hydrogens (tertiary/aromatic N) is 9. The van der Waals surface area contributed by atoms with Crippen LogP contribution in [0.3, 0.4) is 0 Å². The Balaban J connectivity index is 0.757. The molecule has 0 unspecified atom stereocenters. The molecule has 17 heteroatoms. The number of imide groups is 1. The average molecular weight is 775 g/mol. The lowest BCUT2D eigenvalue weighted by Crippen LogP contribution is -2.58. The fraction of sp³-hybridized carbons (Fsp3) is 0.436. The molecule has 288 valence electrons. The van der Waals surface area contributed by atoms with E-state index in [4.69, 9.17) is 9.72 Å². The van der Waals surface area contributed by atoms with Gasteiger partial charge in [0, 0.05) is 94.1 Å². The predicted octanol–water partition coefficient (Wildman–Crippen LogP) is 3.77. The summed E-state index contributed by atoms with van der Waals surface area (Å²) in [5.41, 5.74) is 5.11. The number of carbonyl (C=O) groups excluding carboxylic acids is 3. The predicted molar refractivity (Wildman–Crippen MR) is 211 cm³/mol. The summed E-state index contributed by atoms with van der Waals surface area (Å²) in [6.07, 6.45) is 8.18. The lowest BCUT2D eigenvalue weighted by atomic mass is 9.86. The monoisotopic (exact) mass is 774 g/mol. The smallest absolute Gasteiger partial charge is 0.328 e. The van der Waals surface area contributed by atoms with Gasteiger partial charge in [0.2, 0.25) is 11.8 Å². The van der Waals surface area contributed by atoms with Crippen molar-refractivity contribution in [2.24, 2.45) is 0 Å². The third-order valence-corrected chi connectivity index (χ3v) is 12.6. The summed E-state index contributed by atoms with van der Waals surface area (Å²) in [7, 11) is 1.89. The fourth-order valence-corrected chi connectivity index (χ4v) is 9.57. The maximum Gasteiger partial charge on any atom is 0.328 e. The third-order valence-electron chi connectivity index (χ3n) is 11.5. The van der Waals surface area contributed by atoms with Crippen LogP contribution in [0, 0.1) is 11.3 Å². The molecule has 1 saturated carbocycles. The van der Waals surface area contributed by atoms with Crippen molar-refractivity contribution in [3.05, 3.63) is 58.9 Å². The number of ether oxygens (including phenoxy) is 1. The van der Waals surface area contributed by atoms with Gasteiger partial charge in [-0.2, -0.15) is 5.26 Å². The Morgan fingerprint density at radius 3 is 2.70 bits per heavy atom. The van der Waals surface area contributed by atoms with E-state index in [1.807, 2.05) is 43.6 Å². The molecule has 3 fully saturated rings. The zero-order valence-corrected chi connectivity index (χ0v) is 31.8. The summed E-state index contributed by atoms with van der Waals surface area (Å²) < 4.78 is 6.16. The molecule has 3 aromatic heterocycles. The van der Waals surface area contributed by atoms with Crippen molar-refractivity contribution < 1.29 is 19.1 Å². The van der Waals surface area contributed by atoms with Gasteiger partial charge in [-0.3, -0.25) is 24.7 Å². The minimum atomic E-state index is -0.415. The van der Waals surface area contributed by atoms with Gasteiger partial charge in [0.05, 0.1) is 29.4 Å². The maximum absolute atomic E-state index is 13.2. The minimum Gasteiger partial charge on any atom is -0.489 e. The first kappa shape index (κ1) is 35.8. The first-order valence-corrected chi connectivity index (χ1v) is 20.0. The summed E-state index contributed by atoms with van der Waals surface area (Å²) in [6.45, 7) is 4.18. The summed E-state index contributed by atoms with van der Waals surface area (Å²) in [4.78, 5) is 54.7. The summed E-state index contributed by atoms with van der Waals surface area (Å²) in [5, 5.41) is 29.2. The number of rotatable bonds is 8. The van der Waals surface area contributed by atoms with Gasteiger partial charge in [-0.05, 0) is 55.9 Å². The molecular weight excluding hydrogens is 733 g/mol. The van der Waals surface area contributed by atoms with Crippen LogP contribution in [0.1, 0.15) is 54.2 Å². The highest BCUT2D eigenvalue weighted by Crippen LogP contribution is 2.41. The van der Waals surface area contributed by atoms with Crippen LogP contribution in [0.15, 0.2) is 42.7 Å². The lowest BCUT2D eigenvalue weighted by molar-refractivity contribution is -0.123. The SMILES string of the molecule is CNc1cc(N2CCc3cc(C#N)cnc32)ncc1-c1nnc(C2CCC(NC(=O)CN3CCN4c5ccc(N6CCC(=O)NC6=O)cc5OC[C@H]4C3)CC2)s1. The van der Waals surface area contributed by atoms with Crippen molar-refractivity contribution in [2.75, 3.05) is 72.9 Å². The van der Waals surface area contributed by atoms with E-state index in [2.05, 4.69) is 51.9 Å². The van der Waals surface area contributed by atoms with Gasteiger partial charge < -0.3 is 25.2 Å². The van der Waals surface area contributed by atoms with Crippen LogP contribution in [0.2, 0.25) is 0 Å². The molecule has 56 heavy (non-hydrogen) atoms. The number of nitriles is 1. The number of hydrogen-bond acceptors (Lipinski definition) is 14. The van der Waals surface area contributed by atoms with Gasteiger partial charge in [0.25, 0.3) is 0 Å². The van der Waals surface area contributed by atoms with E-state index in [0.717, 1.165) is 108 Å². The number of carbonyl (C=O) groups is 3. The van der Waals surface area contributed by atoms with E-state index in [0.29, 0.717) is 36.9 Å². The number of nitrogens with one attached hydrogen (secondary N) is 3. The second kappa shape index (κ2) is 15.0. The zero-order valence-electron chi connectivity index (χ0n) is 31.0. The number of benzene rings is 1. The van der Waals surface area contributed by atoms with E-state index in [1.165, 1.54) is 0 Å². The van der Waals surface area contributed by atoms with Gasteiger partial charge in [-0.1, -0.05) is 11.3 Å². The normalized spacial score (nSPS) is 22.0. The van der Waals surface area contributed by atoms with Crippen LogP contribution in [0.4, 0.5) is 33.5 Å². The van der Waals surface area contributed by atoms with Gasteiger partial charge >= 0.3 is 6.03 Å². The Labute approximate surface area is 327 Å². The van der Waals surface area contributed by atoms with Crippen molar-refractivity contribution in [1.29, 1.82) is 5.26 Å². The molecule has 4 amide bonds. The number of hydrogen-bond donors (Lipinski definition) is 3. The first-order valence-electron chi connectivity index (χ1n) is 19.2. The lowest BCUT2D eigenvalue weighted by Gasteiger charge is -2.45. The molecule has 9 rings (SSSR count). The van der Waals surface area contributed by atoms with Crippen molar-refractivity contribution in [3.8, 4) is 22.4 Å². The second-order valence-corrected chi connectivity index (χ2v) is 15.9. The quantitative estimate of drug-likeness (QED) is 0.235. The first-order chi connectivity index (χ1) is 27.3. The number of pyridine rings is 2. The second-order valence-electron chi connectivity index (χ2n) is 14.9. The molecule has 2 saturated heterocycles. The van der Waals surface area contributed by atoms with Gasteiger partial charge in [-0.25, -0.2) is 14.8 Å². The van der Waals surface area contributed by atoms with Gasteiger partial charge in [0.1, 0.15) is 35.1 Å². The molecule has 16 nitrogen and oxygen atoms in total. The molecule has 4 aliphatic heterocycles. The van der Waals surface area contributed by atoms with Crippen LogP contribution in [0.5, 0.6) is 5.75 Å². The number of urea groups is 1. The molecule has 0 spiro atoms. The molecule has 1 atom stereocenters. The van der Waals surface area contributed by atoms with E-state index in [9.17, 15) is 19.6 Å². The van der Waals surface area contributed by atoms with Crippen molar-refractivity contribution in [3.63, 3.8) is 0 Å². The highest BCUT2D eigenvalue weighted by Gasteiger charge is 2.35. The van der Waals surface area contributed by atoms with Crippen molar-refractivity contribution in [1.82, 2.24) is 35.7 Å². The summed E-state index contributed by atoms with van der Waals surface area (Å²) >= 11 is 1.61. The molecule has 3 N–H and O–H groups in total. The molecule has 0 radical (unpaired) electrons.